The van der Waals surface area contributed by atoms with Gasteiger partial charge in [0, 0.05) is 61.4 Å². The van der Waals surface area contributed by atoms with Gasteiger partial charge in [-0.3, -0.25) is 0 Å². The highest BCUT2D eigenvalue weighted by atomic mass is 16.3. The van der Waals surface area contributed by atoms with Crippen LogP contribution < -0.4 is 31.1 Å². The van der Waals surface area contributed by atoms with Gasteiger partial charge in [-0.1, -0.05) is 148 Å². The zero-order chi connectivity index (χ0) is 53.2. The first-order chi connectivity index (χ1) is 37.4. The van der Waals surface area contributed by atoms with E-state index in [2.05, 4.69) is 230 Å². The van der Waals surface area contributed by atoms with Crippen molar-refractivity contribution in [2.75, 3.05) is 14.7 Å². The molecule has 3 aliphatic heterocycles. The molecule has 3 aliphatic carbocycles. The molecule has 1 saturated carbocycles. The first-order valence-electron chi connectivity index (χ1n) is 29.2. The van der Waals surface area contributed by atoms with E-state index in [1.807, 2.05) is 0 Å². The molecule has 5 heterocycles. The number of benzene rings is 8. The summed E-state index contributed by atoms with van der Waals surface area (Å²) in [5.41, 5.74) is 24.7. The third-order valence-electron chi connectivity index (χ3n) is 21.5. The number of nitrogens with zero attached hydrogens (tertiary/aromatic N) is 3. The standard InChI is InChI=1S/C72H70BN3O2/c1-67(2)32-33-68(3,4)50-36-43(28-29-48(50)67)74-58-41-52-51(69(5,6)34-35-70(52,7)8)40-53(58)73-54-42-64-47(45-20-11-15-25-61(45)78-64)39-57(54)75(56-24-19-27-63-65(56)46-21-12-16-26-62(46)77-63)60-38-44(37-59(74)66(60)73)76-55-23-14-13-22-49(55)71(9)30-17-18-31-72(71,76)10/h11-16,19-29,36-42H,17-18,30-35H2,1-10H3. The van der Waals surface area contributed by atoms with Crippen LogP contribution in [0.2, 0.25) is 0 Å². The van der Waals surface area contributed by atoms with Crippen LogP contribution in [0.15, 0.2) is 154 Å². The second kappa shape index (κ2) is 15.3. The lowest BCUT2D eigenvalue weighted by Gasteiger charge is -2.51. The fourth-order valence-corrected chi connectivity index (χ4v) is 16.7. The molecule has 388 valence electrons. The summed E-state index contributed by atoms with van der Waals surface area (Å²) in [7, 11) is 0. The Morgan fingerprint density at radius 3 is 1.69 bits per heavy atom. The summed E-state index contributed by atoms with van der Waals surface area (Å²) in [4.78, 5) is 8.20. The first-order valence-corrected chi connectivity index (χ1v) is 29.2. The molecule has 0 saturated heterocycles. The number of para-hydroxylation sites is 3. The van der Waals surface area contributed by atoms with Gasteiger partial charge in [-0.2, -0.15) is 0 Å². The lowest BCUT2D eigenvalue weighted by atomic mass is 9.33. The monoisotopic (exact) mass is 1020 g/mol. The Morgan fingerprint density at radius 2 is 0.936 bits per heavy atom. The van der Waals surface area contributed by atoms with Crippen LogP contribution in [0.25, 0.3) is 43.9 Å². The van der Waals surface area contributed by atoms with E-state index in [4.69, 9.17) is 8.83 Å². The zero-order valence-electron chi connectivity index (χ0n) is 47.2. The molecule has 1 fully saturated rings. The van der Waals surface area contributed by atoms with E-state index in [9.17, 15) is 0 Å². The van der Waals surface area contributed by atoms with Crippen molar-refractivity contribution in [3.05, 3.63) is 173 Å². The van der Waals surface area contributed by atoms with Crippen molar-refractivity contribution in [1.29, 1.82) is 0 Å². The molecule has 2 unspecified atom stereocenters. The van der Waals surface area contributed by atoms with Gasteiger partial charge in [0.2, 0.25) is 0 Å². The number of hydrogen-bond acceptors (Lipinski definition) is 5. The van der Waals surface area contributed by atoms with Crippen LogP contribution in [-0.2, 0) is 27.1 Å². The van der Waals surface area contributed by atoms with Crippen molar-refractivity contribution in [2.24, 2.45) is 0 Å². The molecular formula is C72H70BN3O2. The Hall–Kier alpha value is -7.18. The molecular weight excluding hydrogens is 950 g/mol. The number of furan rings is 2. The van der Waals surface area contributed by atoms with Crippen LogP contribution in [0.4, 0.5) is 45.5 Å². The van der Waals surface area contributed by atoms with Crippen molar-refractivity contribution in [2.45, 2.75) is 153 Å². The van der Waals surface area contributed by atoms with Gasteiger partial charge in [0.15, 0.2) is 0 Å². The van der Waals surface area contributed by atoms with Gasteiger partial charge in [-0.15, -0.1) is 0 Å². The van der Waals surface area contributed by atoms with E-state index in [1.165, 1.54) is 110 Å². The van der Waals surface area contributed by atoms with E-state index in [1.54, 1.807) is 0 Å². The predicted molar refractivity (Wildman–Crippen MR) is 328 cm³/mol. The summed E-state index contributed by atoms with van der Waals surface area (Å²) in [6.07, 6.45) is 9.34. The smallest absolute Gasteiger partial charge is 0.252 e. The van der Waals surface area contributed by atoms with Gasteiger partial charge >= 0.3 is 0 Å². The molecule has 2 aromatic heterocycles. The minimum absolute atomic E-state index is 0.00541. The average molecular weight is 1020 g/mol. The summed E-state index contributed by atoms with van der Waals surface area (Å²) >= 11 is 0. The van der Waals surface area contributed by atoms with E-state index >= 15 is 0 Å². The molecule has 8 aromatic carbocycles. The molecule has 2 atom stereocenters. The van der Waals surface area contributed by atoms with Gasteiger partial charge in [0.25, 0.3) is 6.71 Å². The van der Waals surface area contributed by atoms with Crippen molar-refractivity contribution >= 4 is 112 Å². The highest BCUT2D eigenvalue weighted by Gasteiger charge is 2.58. The molecule has 0 spiro atoms. The number of fused-ring (bicyclic) bond motifs is 15. The van der Waals surface area contributed by atoms with Crippen LogP contribution in [0, 0.1) is 0 Å². The van der Waals surface area contributed by atoms with Crippen LogP contribution in [0.5, 0.6) is 0 Å². The van der Waals surface area contributed by atoms with Gasteiger partial charge in [0.05, 0.1) is 16.6 Å². The number of rotatable bonds is 3. The third-order valence-corrected chi connectivity index (χ3v) is 21.5. The summed E-state index contributed by atoms with van der Waals surface area (Å²) in [5, 5.41) is 4.50. The van der Waals surface area contributed by atoms with E-state index < -0.39 is 0 Å². The molecule has 16 rings (SSSR count). The lowest BCUT2D eigenvalue weighted by molar-refractivity contribution is 0.195. The van der Waals surface area contributed by atoms with Crippen molar-refractivity contribution < 1.29 is 8.83 Å². The minimum Gasteiger partial charge on any atom is -0.456 e. The summed E-state index contributed by atoms with van der Waals surface area (Å²) < 4.78 is 13.8. The van der Waals surface area contributed by atoms with Crippen LogP contribution in [0.3, 0.4) is 0 Å². The van der Waals surface area contributed by atoms with E-state index in [0.29, 0.717) is 0 Å². The maximum absolute atomic E-state index is 6.96. The van der Waals surface area contributed by atoms with E-state index in [0.717, 1.165) is 75.2 Å². The van der Waals surface area contributed by atoms with Crippen molar-refractivity contribution in [3.63, 3.8) is 0 Å². The molecule has 0 amide bonds. The average Bonchev–Trinajstić information content (AvgIpc) is 4.18. The van der Waals surface area contributed by atoms with Gasteiger partial charge in [-0.05, 0) is 184 Å². The number of anilines is 8. The highest BCUT2D eigenvalue weighted by Crippen LogP contribution is 2.62. The second-order valence-electron chi connectivity index (χ2n) is 27.6. The third kappa shape index (κ3) is 6.05. The normalized spacial score (nSPS) is 22.7. The Bertz CT molecular complexity index is 4260. The van der Waals surface area contributed by atoms with Crippen LogP contribution >= 0.6 is 0 Å². The van der Waals surface area contributed by atoms with Crippen molar-refractivity contribution in [3.8, 4) is 0 Å². The molecule has 10 aromatic rings. The van der Waals surface area contributed by atoms with E-state index in [-0.39, 0.29) is 39.3 Å². The molecule has 6 aliphatic rings. The highest BCUT2D eigenvalue weighted by molar-refractivity contribution is 7.00. The van der Waals surface area contributed by atoms with Gasteiger partial charge in [0.1, 0.15) is 22.3 Å². The van der Waals surface area contributed by atoms with Crippen molar-refractivity contribution in [1.82, 2.24) is 0 Å². The second-order valence-corrected chi connectivity index (χ2v) is 27.6. The molecule has 6 heteroatoms. The van der Waals surface area contributed by atoms with Crippen LogP contribution in [-0.4, -0.2) is 12.3 Å². The Labute approximate surface area is 460 Å². The fourth-order valence-electron chi connectivity index (χ4n) is 16.7. The largest absolute Gasteiger partial charge is 0.456 e. The molecule has 0 bridgehead atoms. The molecule has 0 N–H and O–H groups in total. The summed E-state index contributed by atoms with van der Waals surface area (Å²) in [6, 6.07) is 56.4. The van der Waals surface area contributed by atoms with Gasteiger partial charge < -0.3 is 23.5 Å². The quantitative estimate of drug-likeness (QED) is 0.165. The number of hydrogen-bond donors (Lipinski definition) is 0. The molecule has 5 nitrogen and oxygen atoms in total. The summed E-state index contributed by atoms with van der Waals surface area (Å²) in [6.45, 7) is 24.9. The maximum atomic E-state index is 6.96. The molecule has 78 heavy (non-hydrogen) atoms. The summed E-state index contributed by atoms with van der Waals surface area (Å²) in [5.74, 6) is 0. The lowest BCUT2D eigenvalue weighted by Crippen LogP contribution is -2.62. The predicted octanol–water partition coefficient (Wildman–Crippen LogP) is 18.0. The van der Waals surface area contributed by atoms with Crippen LogP contribution in [0.1, 0.15) is 148 Å². The maximum Gasteiger partial charge on any atom is 0.252 e. The molecule has 0 radical (unpaired) electrons. The van der Waals surface area contributed by atoms with Gasteiger partial charge in [-0.25, -0.2) is 0 Å². The Kier molecular flexibility index (Phi) is 9.22. The fraction of sp³-hybridized carbons (Fsp3) is 0.333. The Morgan fingerprint density at radius 1 is 0.372 bits per heavy atom. The topological polar surface area (TPSA) is 36.0 Å². The Balaban J connectivity index is 1.09. The minimum atomic E-state index is -0.164. The first kappa shape index (κ1) is 46.9. The SMILES string of the molecule is CC1(C)CCC(C)(C)c2cc(N3c4cc5c(cc4B4c6cc7oc8ccccc8c7cc6N(c6cccc7oc8ccccc8c67)c6cc(N7c8ccccc8C8(C)CCCCC78C)cc3c64)C(C)(C)CCC5(C)C)ccc21. The zero-order valence-corrected chi connectivity index (χ0v) is 47.2.